The molecule has 1 aliphatic heterocycles. The molecule has 0 amide bonds. The number of fused-ring (bicyclic) bond motifs is 1. The Hall–Kier alpha value is -1.39. The molecular weight excluding hydrogens is 240 g/mol. The highest BCUT2D eigenvalue weighted by Gasteiger charge is 2.46. The normalized spacial score (nSPS) is 27.8. The van der Waals surface area contributed by atoms with Crippen molar-refractivity contribution in [2.24, 2.45) is 0 Å². The molecule has 19 heavy (non-hydrogen) atoms. The van der Waals surface area contributed by atoms with Crippen molar-refractivity contribution in [3.63, 3.8) is 0 Å². The highest BCUT2D eigenvalue weighted by molar-refractivity contribution is 5.80. The maximum Gasteiger partial charge on any atom is 0.324 e. The van der Waals surface area contributed by atoms with Crippen molar-refractivity contribution in [1.82, 2.24) is 10.2 Å². The van der Waals surface area contributed by atoms with E-state index in [9.17, 15) is 9.90 Å². The maximum absolute atomic E-state index is 11.9. The van der Waals surface area contributed by atoms with Crippen molar-refractivity contribution in [3.8, 4) is 0 Å². The molecule has 1 fully saturated rings. The van der Waals surface area contributed by atoms with E-state index in [1.165, 1.54) is 11.1 Å². The Bertz CT molecular complexity index is 483. The van der Waals surface area contributed by atoms with Gasteiger partial charge in [-0.1, -0.05) is 24.3 Å². The standard InChI is InChI=1S/C15H20N2O2/c18-14(19)15(17-9-7-16-8-10-17)6-5-12-3-1-2-4-13(12)11-15/h1-4,16H,5-11H2,(H,18,19). The minimum absolute atomic E-state index is 0.637. The van der Waals surface area contributed by atoms with Crippen LogP contribution in [0, 0.1) is 0 Å². The van der Waals surface area contributed by atoms with Crippen molar-refractivity contribution >= 4 is 5.97 Å². The van der Waals surface area contributed by atoms with Crippen molar-refractivity contribution in [1.29, 1.82) is 0 Å². The third-order valence-electron chi connectivity index (χ3n) is 4.53. The molecule has 2 N–H and O–H groups in total. The molecule has 1 aromatic rings. The number of carboxylic acid groups (broad SMARTS) is 1. The van der Waals surface area contributed by atoms with Crippen molar-refractivity contribution < 1.29 is 9.90 Å². The summed E-state index contributed by atoms with van der Waals surface area (Å²) >= 11 is 0. The number of benzene rings is 1. The van der Waals surface area contributed by atoms with Crippen LogP contribution in [-0.4, -0.2) is 47.7 Å². The lowest BCUT2D eigenvalue weighted by Gasteiger charge is -2.45. The quantitative estimate of drug-likeness (QED) is 0.829. The summed E-state index contributed by atoms with van der Waals surface area (Å²) in [5.41, 5.74) is 1.82. The van der Waals surface area contributed by atoms with Gasteiger partial charge in [0.25, 0.3) is 0 Å². The number of carboxylic acids is 1. The summed E-state index contributed by atoms with van der Waals surface area (Å²) in [6.45, 7) is 3.43. The van der Waals surface area contributed by atoms with Crippen LogP contribution in [0.4, 0.5) is 0 Å². The number of rotatable bonds is 2. The Morgan fingerprint density at radius 3 is 2.58 bits per heavy atom. The largest absolute Gasteiger partial charge is 0.480 e. The van der Waals surface area contributed by atoms with Crippen LogP contribution in [0.25, 0.3) is 0 Å². The van der Waals surface area contributed by atoms with E-state index in [1.807, 2.05) is 12.1 Å². The molecule has 0 aromatic heterocycles. The van der Waals surface area contributed by atoms with Crippen LogP contribution in [0.5, 0.6) is 0 Å². The molecule has 0 saturated carbocycles. The number of aryl methyl sites for hydroxylation is 1. The molecule has 0 spiro atoms. The molecule has 1 unspecified atom stereocenters. The summed E-state index contributed by atoms with van der Waals surface area (Å²) in [6.07, 6.45) is 2.23. The first-order valence-corrected chi connectivity index (χ1v) is 6.98. The predicted octanol–water partition coefficient (Wildman–Crippen LogP) is 0.904. The summed E-state index contributed by atoms with van der Waals surface area (Å²) in [5.74, 6) is -0.663. The van der Waals surface area contributed by atoms with E-state index in [1.54, 1.807) is 0 Å². The van der Waals surface area contributed by atoms with Gasteiger partial charge in [0, 0.05) is 32.6 Å². The van der Waals surface area contributed by atoms with Gasteiger partial charge < -0.3 is 10.4 Å². The number of nitrogens with zero attached hydrogens (tertiary/aromatic N) is 1. The Morgan fingerprint density at radius 1 is 1.21 bits per heavy atom. The number of piperazine rings is 1. The van der Waals surface area contributed by atoms with Crippen LogP contribution >= 0.6 is 0 Å². The zero-order valence-corrected chi connectivity index (χ0v) is 11.1. The highest BCUT2D eigenvalue weighted by atomic mass is 16.4. The second-order valence-corrected chi connectivity index (χ2v) is 5.52. The van der Waals surface area contributed by atoms with Gasteiger partial charge in [0.1, 0.15) is 5.54 Å². The van der Waals surface area contributed by atoms with Gasteiger partial charge in [-0.3, -0.25) is 9.69 Å². The molecule has 1 heterocycles. The fourth-order valence-corrected chi connectivity index (χ4v) is 3.40. The monoisotopic (exact) mass is 260 g/mol. The highest BCUT2D eigenvalue weighted by Crippen LogP contribution is 2.34. The van der Waals surface area contributed by atoms with Crippen molar-refractivity contribution in [3.05, 3.63) is 35.4 Å². The molecule has 1 aliphatic carbocycles. The number of carbonyl (C=O) groups is 1. The zero-order chi connectivity index (χ0) is 13.3. The van der Waals surface area contributed by atoms with Crippen molar-refractivity contribution in [2.75, 3.05) is 26.2 Å². The lowest BCUT2D eigenvalue weighted by Crippen LogP contribution is -2.62. The second kappa shape index (κ2) is 4.94. The third kappa shape index (κ3) is 2.15. The van der Waals surface area contributed by atoms with Gasteiger partial charge in [-0.2, -0.15) is 0 Å². The molecule has 0 radical (unpaired) electrons. The fraction of sp³-hybridized carbons (Fsp3) is 0.533. The Labute approximate surface area is 113 Å². The molecule has 4 nitrogen and oxygen atoms in total. The molecule has 4 heteroatoms. The third-order valence-corrected chi connectivity index (χ3v) is 4.53. The first-order valence-electron chi connectivity index (χ1n) is 6.98. The summed E-state index contributed by atoms with van der Waals surface area (Å²) < 4.78 is 0. The van der Waals surface area contributed by atoms with Crippen LogP contribution in [0.15, 0.2) is 24.3 Å². The number of hydrogen-bond donors (Lipinski definition) is 2. The van der Waals surface area contributed by atoms with Gasteiger partial charge >= 0.3 is 5.97 Å². The molecule has 0 bridgehead atoms. The molecule has 3 rings (SSSR count). The van der Waals surface area contributed by atoms with Gasteiger partial charge in [-0.05, 0) is 24.0 Å². The zero-order valence-electron chi connectivity index (χ0n) is 11.1. The topological polar surface area (TPSA) is 52.6 Å². The van der Waals surface area contributed by atoms with E-state index in [2.05, 4.69) is 22.3 Å². The summed E-state index contributed by atoms with van der Waals surface area (Å²) in [4.78, 5) is 14.1. The van der Waals surface area contributed by atoms with Gasteiger partial charge in [0.2, 0.25) is 0 Å². The van der Waals surface area contributed by atoms with E-state index in [0.29, 0.717) is 6.42 Å². The van der Waals surface area contributed by atoms with Crippen LogP contribution in [0.1, 0.15) is 17.5 Å². The van der Waals surface area contributed by atoms with Gasteiger partial charge in [-0.15, -0.1) is 0 Å². The number of nitrogens with one attached hydrogen (secondary N) is 1. The van der Waals surface area contributed by atoms with E-state index >= 15 is 0 Å². The molecule has 102 valence electrons. The van der Waals surface area contributed by atoms with Gasteiger partial charge in [-0.25, -0.2) is 0 Å². The summed E-state index contributed by atoms with van der Waals surface area (Å²) in [6, 6.07) is 8.25. The van der Waals surface area contributed by atoms with E-state index in [-0.39, 0.29) is 0 Å². The predicted molar refractivity (Wildman–Crippen MR) is 73.3 cm³/mol. The first kappa shape index (κ1) is 12.6. The second-order valence-electron chi connectivity index (χ2n) is 5.52. The van der Waals surface area contributed by atoms with E-state index in [4.69, 9.17) is 0 Å². The molecule has 1 saturated heterocycles. The Kier molecular flexibility index (Phi) is 3.29. The minimum Gasteiger partial charge on any atom is -0.480 e. The lowest BCUT2D eigenvalue weighted by molar-refractivity contribution is -0.153. The number of hydrogen-bond acceptors (Lipinski definition) is 3. The lowest BCUT2D eigenvalue weighted by atomic mass is 9.76. The minimum atomic E-state index is -0.698. The molecular formula is C15H20N2O2. The maximum atomic E-state index is 11.9. The Balaban J connectivity index is 1.93. The fourth-order valence-electron chi connectivity index (χ4n) is 3.40. The molecule has 1 aromatic carbocycles. The van der Waals surface area contributed by atoms with Gasteiger partial charge in [0.05, 0.1) is 0 Å². The van der Waals surface area contributed by atoms with E-state index < -0.39 is 11.5 Å². The van der Waals surface area contributed by atoms with Crippen LogP contribution in [0.3, 0.4) is 0 Å². The molecule has 1 atom stereocenters. The smallest absolute Gasteiger partial charge is 0.324 e. The Morgan fingerprint density at radius 2 is 1.89 bits per heavy atom. The van der Waals surface area contributed by atoms with Gasteiger partial charge in [0.15, 0.2) is 0 Å². The molecule has 2 aliphatic rings. The summed E-state index contributed by atoms with van der Waals surface area (Å²) in [5, 5.41) is 13.1. The van der Waals surface area contributed by atoms with Crippen LogP contribution in [0.2, 0.25) is 0 Å². The van der Waals surface area contributed by atoms with Crippen molar-refractivity contribution in [2.45, 2.75) is 24.8 Å². The SMILES string of the molecule is O=C(O)C1(N2CCNCC2)CCc2ccccc2C1. The summed E-state index contributed by atoms with van der Waals surface area (Å²) in [7, 11) is 0. The first-order chi connectivity index (χ1) is 9.22. The van der Waals surface area contributed by atoms with Crippen LogP contribution in [-0.2, 0) is 17.6 Å². The van der Waals surface area contributed by atoms with Crippen LogP contribution < -0.4 is 5.32 Å². The average molecular weight is 260 g/mol. The van der Waals surface area contributed by atoms with E-state index in [0.717, 1.165) is 39.0 Å². The average Bonchev–Trinajstić information content (AvgIpc) is 2.47. The number of aliphatic carboxylic acids is 1.